The minimum absolute atomic E-state index is 0.0585. The number of carbonyl (C=O) groups excluding carboxylic acids is 1. The molecule has 5 nitrogen and oxygen atoms in total. The Balaban J connectivity index is 2.04. The number of carbonyl (C=O) groups is 1. The van der Waals surface area contributed by atoms with Gasteiger partial charge in [-0.2, -0.15) is 0 Å². The Kier molecular flexibility index (Phi) is 4.90. The van der Waals surface area contributed by atoms with Crippen LogP contribution in [0.4, 0.5) is 5.69 Å². The number of benzene rings is 1. The second-order valence-corrected chi connectivity index (χ2v) is 7.24. The zero-order valence-electron chi connectivity index (χ0n) is 14.3. The van der Waals surface area contributed by atoms with Crippen molar-refractivity contribution in [3.8, 4) is 0 Å². The van der Waals surface area contributed by atoms with Crippen LogP contribution in [0.1, 0.15) is 39.0 Å². The summed E-state index contributed by atoms with van der Waals surface area (Å²) < 4.78 is 5.59. The van der Waals surface area contributed by atoms with Crippen molar-refractivity contribution in [2.75, 3.05) is 5.32 Å². The van der Waals surface area contributed by atoms with Crippen LogP contribution in [0.15, 0.2) is 41.7 Å². The first-order valence-electron chi connectivity index (χ1n) is 8.59. The van der Waals surface area contributed by atoms with Crippen molar-refractivity contribution >= 4 is 34.7 Å². The number of hydrogen-bond donors (Lipinski definition) is 3. The molecule has 1 aliphatic carbocycles. The minimum Gasteiger partial charge on any atom is -0.447 e. The van der Waals surface area contributed by atoms with Gasteiger partial charge in [-0.15, -0.1) is 0 Å². The Morgan fingerprint density at radius 1 is 1.28 bits per heavy atom. The van der Waals surface area contributed by atoms with E-state index < -0.39 is 11.3 Å². The summed E-state index contributed by atoms with van der Waals surface area (Å²) in [4.78, 5) is 13.3. The number of para-hydroxylation sites is 1. The van der Waals surface area contributed by atoms with E-state index >= 15 is 0 Å². The summed E-state index contributed by atoms with van der Waals surface area (Å²) >= 11 is 5.26. The van der Waals surface area contributed by atoms with Crippen LogP contribution in [0, 0.1) is 16.7 Å². The average molecular weight is 357 g/mol. The lowest BCUT2D eigenvalue weighted by Crippen LogP contribution is -2.51. The lowest BCUT2D eigenvalue weighted by molar-refractivity contribution is -0.114. The minimum atomic E-state index is -0.539. The highest BCUT2D eigenvalue weighted by Crippen LogP contribution is 2.52. The van der Waals surface area contributed by atoms with Crippen molar-refractivity contribution < 1.29 is 9.53 Å². The predicted molar refractivity (Wildman–Crippen MR) is 102 cm³/mol. The molecule has 3 rings (SSSR count). The number of nitrogens with one attached hydrogen (secondary N) is 2. The van der Waals surface area contributed by atoms with E-state index in [1.165, 1.54) is 0 Å². The average Bonchev–Trinajstić information content (AvgIpc) is 2.55. The molecule has 25 heavy (non-hydrogen) atoms. The zero-order valence-corrected chi connectivity index (χ0v) is 15.1. The summed E-state index contributed by atoms with van der Waals surface area (Å²) in [6, 6.07) is 9.34. The highest BCUT2D eigenvalue weighted by atomic mass is 32.1. The number of hydrogen-bond acceptors (Lipinski definition) is 4. The number of nitrogens with two attached hydrogens (primary N) is 1. The molecule has 0 saturated heterocycles. The largest absolute Gasteiger partial charge is 0.447 e. The molecule has 132 valence electrons. The third kappa shape index (κ3) is 3.18. The van der Waals surface area contributed by atoms with Crippen LogP contribution in [0.25, 0.3) is 0 Å². The van der Waals surface area contributed by atoms with Crippen LogP contribution in [0.2, 0.25) is 0 Å². The summed E-state index contributed by atoms with van der Waals surface area (Å²) in [6.45, 7) is 1.75. The molecule has 6 heteroatoms. The lowest BCUT2D eigenvalue weighted by Gasteiger charge is -2.47. The number of thiocarbonyl (C=S) groups is 1. The molecule has 0 radical (unpaired) electrons. The maximum absolute atomic E-state index is 13.1. The molecule has 1 aromatic carbocycles. The number of allylic oxidation sites excluding steroid dienone is 1. The SMILES string of the molecule is CC1=C(C(=O)Nc2ccccc2)C2(CCCCC2)[C@H](C(N)=S)C(=N)O1. The van der Waals surface area contributed by atoms with Crippen LogP contribution >= 0.6 is 12.2 Å². The molecular formula is C19H23N3O2S. The molecule has 1 fully saturated rings. The molecule has 1 aliphatic heterocycles. The highest BCUT2D eigenvalue weighted by molar-refractivity contribution is 7.80. The van der Waals surface area contributed by atoms with Crippen molar-refractivity contribution in [3.05, 3.63) is 41.7 Å². The zero-order chi connectivity index (χ0) is 18.0. The normalized spacial score (nSPS) is 22.4. The van der Waals surface area contributed by atoms with Gasteiger partial charge in [0.2, 0.25) is 0 Å². The summed E-state index contributed by atoms with van der Waals surface area (Å²) in [7, 11) is 0. The van der Waals surface area contributed by atoms with Crippen molar-refractivity contribution in [2.45, 2.75) is 39.0 Å². The fraction of sp³-hybridized carbons (Fsp3) is 0.421. The van der Waals surface area contributed by atoms with Crippen LogP contribution in [0.5, 0.6) is 0 Å². The Labute approximate surface area is 153 Å². The summed E-state index contributed by atoms with van der Waals surface area (Å²) in [5.41, 5.74) is 6.76. The van der Waals surface area contributed by atoms with Gasteiger partial charge >= 0.3 is 0 Å². The van der Waals surface area contributed by atoms with Gasteiger partial charge in [0.05, 0.1) is 16.5 Å². The summed E-state index contributed by atoms with van der Waals surface area (Å²) in [5, 5.41) is 11.2. The van der Waals surface area contributed by atoms with Crippen LogP contribution in [0.3, 0.4) is 0 Å². The van der Waals surface area contributed by atoms with E-state index in [0.29, 0.717) is 11.3 Å². The monoisotopic (exact) mass is 357 g/mol. The molecule has 1 atom stereocenters. The van der Waals surface area contributed by atoms with Gasteiger partial charge in [0, 0.05) is 11.1 Å². The van der Waals surface area contributed by atoms with E-state index in [1.54, 1.807) is 6.92 Å². The first kappa shape index (κ1) is 17.6. The van der Waals surface area contributed by atoms with E-state index in [2.05, 4.69) is 5.32 Å². The molecule has 1 saturated carbocycles. The first-order chi connectivity index (χ1) is 12.0. The quantitative estimate of drug-likeness (QED) is 0.719. The van der Waals surface area contributed by atoms with Crippen molar-refractivity contribution in [2.24, 2.45) is 17.1 Å². The molecule has 0 aromatic heterocycles. The fourth-order valence-corrected chi connectivity index (χ4v) is 4.58. The van der Waals surface area contributed by atoms with Crippen molar-refractivity contribution in [1.29, 1.82) is 5.41 Å². The van der Waals surface area contributed by atoms with Gasteiger partial charge in [0.25, 0.3) is 5.91 Å². The maximum atomic E-state index is 13.1. The third-order valence-corrected chi connectivity index (χ3v) is 5.45. The number of anilines is 1. The van der Waals surface area contributed by atoms with E-state index in [-0.39, 0.29) is 16.8 Å². The van der Waals surface area contributed by atoms with E-state index in [1.807, 2.05) is 30.3 Å². The second kappa shape index (κ2) is 6.96. The van der Waals surface area contributed by atoms with Crippen LogP contribution in [-0.4, -0.2) is 16.8 Å². The van der Waals surface area contributed by atoms with Gasteiger partial charge in [-0.3, -0.25) is 10.2 Å². The fourth-order valence-electron chi connectivity index (χ4n) is 4.24. The Morgan fingerprint density at radius 3 is 2.52 bits per heavy atom. The third-order valence-electron chi connectivity index (χ3n) is 5.22. The van der Waals surface area contributed by atoms with Crippen molar-refractivity contribution in [3.63, 3.8) is 0 Å². The topological polar surface area (TPSA) is 88.2 Å². The van der Waals surface area contributed by atoms with E-state index in [9.17, 15) is 4.79 Å². The lowest BCUT2D eigenvalue weighted by atomic mass is 9.60. The molecule has 4 N–H and O–H groups in total. The van der Waals surface area contributed by atoms with Crippen LogP contribution < -0.4 is 11.1 Å². The smallest absolute Gasteiger partial charge is 0.255 e. The number of ether oxygens (including phenoxy) is 1. The van der Waals surface area contributed by atoms with E-state index in [0.717, 1.165) is 37.8 Å². The van der Waals surface area contributed by atoms with Gasteiger partial charge in [-0.05, 0) is 31.9 Å². The number of amides is 1. The summed E-state index contributed by atoms with van der Waals surface area (Å²) in [6.07, 6.45) is 4.67. The molecule has 1 heterocycles. The molecule has 1 spiro atoms. The van der Waals surface area contributed by atoms with Gasteiger partial charge in [0.1, 0.15) is 5.76 Å². The van der Waals surface area contributed by atoms with Gasteiger partial charge in [-0.25, -0.2) is 0 Å². The molecule has 1 aromatic rings. The molecular weight excluding hydrogens is 334 g/mol. The second-order valence-electron chi connectivity index (χ2n) is 6.77. The Bertz CT molecular complexity index is 736. The molecule has 0 unspecified atom stereocenters. The summed E-state index contributed by atoms with van der Waals surface area (Å²) in [5.74, 6) is -0.182. The predicted octanol–water partition coefficient (Wildman–Crippen LogP) is 3.76. The first-order valence-corrected chi connectivity index (χ1v) is 9.00. The maximum Gasteiger partial charge on any atom is 0.255 e. The molecule has 1 amide bonds. The Morgan fingerprint density at radius 2 is 1.92 bits per heavy atom. The Hall–Kier alpha value is -2.21. The van der Waals surface area contributed by atoms with Crippen LogP contribution in [-0.2, 0) is 9.53 Å². The van der Waals surface area contributed by atoms with Gasteiger partial charge in [0.15, 0.2) is 5.90 Å². The van der Waals surface area contributed by atoms with Gasteiger partial charge < -0.3 is 15.8 Å². The molecule has 0 bridgehead atoms. The standard InChI is InChI=1S/C19H23N3O2S/c1-12-14(18(23)22-13-8-4-2-5-9-13)19(10-6-3-7-11-19)15(17(21)25)16(20)24-12/h2,4-5,8-9,15,20H,3,6-7,10-11H2,1H3,(H2,21,25)(H,22,23)/t15-/m0/s1. The highest BCUT2D eigenvalue weighted by Gasteiger charge is 2.53. The van der Waals surface area contributed by atoms with E-state index in [4.69, 9.17) is 28.1 Å². The molecule has 2 aliphatic rings. The number of rotatable bonds is 3. The van der Waals surface area contributed by atoms with Gasteiger partial charge in [-0.1, -0.05) is 49.7 Å². The van der Waals surface area contributed by atoms with Crippen molar-refractivity contribution in [1.82, 2.24) is 0 Å².